The molecule has 0 spiro atoms. The van der Waals surface area contributed by atoms with Gasteiger partial charge in [-0.15, -0.1) is 0 Å². The summed E-state index contributed by atoms with van der Waals surface area (Å²) in [7, 11) is -3.89. The first-order chi connectivity index (χ1) is 19.8. The predicted molar refractivity (Wildman–Crippen MR) is 172 cm³/mol. The number of halogens is 2. The zero-order chi connectivity index (χ0) is 31.0. The Labute approximate surface area is 259 Å². The van der Waals surface area contributed by atoms with Crippen molar-refractivity contribution >= 4 is 50.7 Å². The number of rotatable bonds is 13. The smallest absolute Gasteiger partial charge is 0.244 e. The second-order valence-corrected chi connectivity index (χ2v) is 13.4. The van der Waals surface area contributed by atoms with Crippen molar-refractivity contribution in [1.82, 2.24) is 10.2 Å². The van der Waals surface area contributed by atoms with E-state index in [2.05, 4.69) is 5.32 Å². The van der Waals surface area contributed by atoms with Crippen molar-refractivity contribution in [2.75, 3.05) is 17.1 Å². The highest BCUT2D eigenvalue weighted by Gasteiger charge is 2.34. The second kappa shape index (κ2) is 14.9. The molecule has 0 saturated heterocycles. The molecule has 10 heteroatoms. The quantitative estimate of drug-likeness (QED) is 0.235. The number of hydrogen-bond acceptors (Lipinski definition) is 4. The minimum absolute atomic E-state index is 0.00530. The van der Waals surface area contributed by atoms with E-state index in [-0.39, 0.29) is 30.8 Å². The van der Waals surface area contributed by atoms with Gasteiger partial charge in [0.2, 0.25) is 21.8 Å². The molecule has 2 atom stereocenters. The molecule has 42 heavy (non-hydrogen) atoms. The third-order valence-electron chi connectivity index (χ3n) is 7.17. The number of sulfonamides is 1. The van der Waals surface area contributed by atoms with Crippen LogP contribution in [0.1, 0.15) is 56.7 Å². The van der Waals surface area contributed by atoms with Gasteiger partial charge in [-0.05, 0) is 48.6 Å². The highest BCUT2D eigenvalue weighted by atomic mass is 35.5. The zero-order valence-electron chi connectivity index (χ0n) is 24.7. The van der Waals surface area contributed by atoms with Crippen LogP contribution < -0.4 is 9.62 Å². The van der Waals surface area contributed by atoms with Crippen molar-refractivity contribution in [1.29, 1.82) is 0 Å². The Bertz CT molecular complexity index is 1460. The molecule has 0 aliphatic carbocycles. The SMILES string of the molecule is CC[C@H](C)NC(=O)[C@@H](Cc1ccccc1)N(Cc1c(Cl)cccc1Cl)C(=O)CN(c1ccccc1C(C)C)S(C)(=O)=O. The van der Waals surface area contributed by atoms with E-state index in [9.17, 15) is 18.0 Å². The minimum atomic E-state index is -3.89. The molecule has 0 fully saturated rings. The fourth-order valence-corrected chi connectivity index (χ4v) is 6.03. The molecule has 0 heterocycles. The lowest BCUT2D eigenvalue weighted by Crippen LogP contribution is -2.54. The molecule has 3 aromatic carbocycles. The summed E-state index contributed by atoms with van der Waals surface area (Å²) in [5.41, 5.74) is 2.52. The van der Waals surface area contributed by atoms with Crippen LogP contribution in [0.4, 0.5) is 5.69 Å². The van der Waals surface area contributed by atoms with Crippen molar-refractivity contribution in [2.24, 2.45) is 0 Å². The Morgan fingerprint density at radius 3 is 2.05 bits per heavy atom. The summed E-state index contributed by atoms with van der Waals surface area (Å²) in [5.74, 6) is -0.904. The summed E-state index contributed by atoms with van der Waals surface area (Å²) < 4.78 is 27.4. The molecule has 0 aliphatic heterocycles. The molecule has 1 N–H and O–H groups in total. The molecule has 0 radical (unpaired) electrons. The first kappa shape index (κ1) is 33.4. The summed E-state index contributed by atoms with van der Waals surface area (Å²) >= 11 is 13.1. The van der Waals surface area contributed by atoms with Crippen molar-refractivity contribution < 1.29 is 18.0 Å². The normalized spacial score (nSPS) is 13.0. The lowest BCUT2D eigenvalue weighted by atomic mass is 10.0. The van der Waals surface area contributed by atoms with Crippen LogP contribution >= 0.6 is 23.2 Å². The minimum Gasteiger partial charge on any atom is -0.352 e. The molecular weight excluding hydrogens is 593 g/mol. The van der Waals surface area contributed by atoms with Gasteiger partial charge in [0.05, 0.1) is 11.9 Å². The summed E-state index contributed by atoms with van der Waals surface area (Å²) in [6, 6.07) is 20.4. The van der Waals surface area contributed by atoms with Crippen LogP contribution in [0, 0.1) is 0 Å². The second-order valence-electron chi connectivity index (χ2n) is 10.7. The number of hydrogen-bond donors (Lipinski definition) is 1. The molecule has 3 aromatic rings. The lowest BCUT2D eigenvalue weighted by molar-refractivity contribution is -0.140. The molecule has 0 saturated carbocycles. The average Bonchev–Trinajstić information content (AvgIpc) is 2.94. The van der Waals surface area contributed by atoms with Crippen molar-refractivity contribution in [3.63, 3.8) is 0 Å². The van der Waals surface area contributed by atoms with Crippen LogP contribution in [-0.2, 0) is 32.6 Å². The summed E-state index contributed by atoms with van der Waals surface area (Å²) in [6.45, 7) is 7.17. The topological polar surface area (TPSA) is 86.8 Å². The van der Waals surface area contributed by atoms with E-state index in [0.717, 1.165) is 21.7 Å². The van der Waals surface area contributed by atoms with Gasteiger partial charge in [-0.25, -0.2) is 8.42 Å². The van der Waals surface area contributed by atoms with E-state index in [1.165, 1.54) is 4.90 Å². The standard InChI is InChI=1S/C32H39Cl2N3O4S/c1-6-23(4)35-32(39)30(19-24-13-8-7-9-14-24)36(20-26-27(33)16-12-17-28(26)34)31(38)21-37(42(5,40)41)29-18-11-10-15-25(29)22(2)3/h7-18,22-23,30H,6,19-21H2,1-5H3,(H,35,39)/t23-,30+/m0/s1. The highest BCUT2D eigenvalue weighted by Crippen LogP contribution is 2.31. The molecule has 3 rings (SSSR count). The monoisotopic (exact) mass is 631 g/mol. The van der Waals surface area contributed by atoms with Crippen molar-refractivity contribution in [3.05, 3.63) is 99.5 Å². The Balaban J connectivity index is 2.14. The highest BCUT2D eigenvalue weighted by molar-refractivity contribution is 7.92. The Morgan fingerprint density at radius 1 is 0.881 bits per heavy atom. The van der Waals surface area contributed by atoms with Crippen molar-refractivity contribution in [2.45, 2.75) is 65.1 Å². The first-order valence-corrected chi connectivity index (χ1v) is 16.6. The number of nitrogens with one attached hydrogen (secondary N) is 1. The largest absolute Gasteiger partial charge is 0.352 e. The van der Waals surface area contributed by atoms with Gasteiger partial charge in [-0.2, -0.15) is 0 Å². The Morgan fingerprint density at radius 2 is 1.48 bits per heavy atom. The van der Waals surface area contributed by atoms with Crippen molar-refractivity contribution in [3.8, 4) is 0 Å². The van der Waals surface area contributed by atoms with E-state index in [4.69, 9.17) is 23.2 Å². The van der Waals surface area contributed by atoms with E-state index in [1.54, 1.807) is 30.3 Å². The van der Waals surface area contributed by atoms with Crippen LogP contribution in [-0.4, -0.2) is 50.0 Å². The first-order valence-electron chi connectivity index (χ1n) is 14.0. The van der Waals surface area contributed by atoms with Crippen LogP contribution in [0.5, 0.6) is 0 Å². The molecule has 0 aliphatic rings. The fraction of sp³-hybridized carbons (Fsp3) is 0.375. The molecule has 0 bridgehead atoms. The number of carbonyl (C=O) groups excluding carboxylic acids is 2. The van der Waals surface area contributed by atoms with Crippen LogP contribution in [0.25, 0.3) is 0 Å². The van der Waals surface area contributed by atoms with Crippen LogP contribution in [0.3, 0.4) is 0 Å². The Kier molecular flexibility index (Phi) is 11.9. The average molecular weight is 633 g/mol. The van der Waals surface area contributed by atoms with Gasteiger partial charge < -0.3 is 10.2 Å². The molecule has 226 valence electrons. The molecular formula is C32H39Cl2N3O4S. The van der Waals surface area contributed by atoms with E-state index in [1.807, 2.05) is 70.2 Å². The Hall–Kier alpha value is -3.07. The van der Waals surface area contributed by atoms with Gasteiger partial charge in [-0.3, -0.25) is 13.9 Å². The zero-order valence-corrected chi connectivity index (χ0v) is 27.0. The lowest BCUT2D eigenvalue weighted by Gasteiger charge is -2.35. The van der Waals surface area contributed by atoms with Gasteiger partial charge in [0.15, 0.2) is 0 Å². The fourth-order valence-electron chi connectivity index (χ4n) is 4.65. The summed E-state index contributed by atoms with van der Waals surface area (Å²) in [5, 5.41) is 3.69. The molecule has 0 unspecified atom stereocenters. The molecule has 0 aromatic heterocycles. The maximum atomic E-state index is 14.3. The van der Waals surface area contributed by atoms with E-state index in [0.29, 0.717) is 27.7 Å². The van der Waals surface area contributed by atoms with E-state index < -0.39 is 28.5 Å². The predicted octanol–water partition coefficient (Wildman–Crippen LogP) is 6.44. The van der Waals surface area contributed by atoms with Crippen LogP contribution in [0.15, 0.2) is 72.8 Å². The summed E-state index contributed by atoms with van der Waals surface area (Å²) in [6.07, 6.45) is 1.98. The van der Waals surface area contributed by atoms with Gasteiger partial charge >= 0.3 is 0 Å². The van der Waals surface area contributed by atoms with E-state index >= 15 is 0 Å². The molecule has 2 amide bonds. The van der Waals surface area contributed by atoms with Gasteiger partial charge in [0.25, 0.3) is 0 Å². The van der Waals surface area contributed by atoms with Gasteiger partial charge in [0.1, 0.15) is 12.6 Å². The number of carbonyl (C=O) groups is 2. The maximum Gasteiger partial charge on any atom is 0.244 e. The summed E-state index contributed by atoms with van der Waals surface area (Å²) in [4.78, 5) is 29.5. The van der Waals surface area contributed by atoms with Gasteiger partial charge in [0, 0.05) is 34.6 Å². The maximum absolute atomic E-state index is 14.3. The third-order valence-corrected chi connectivity index (χ3v) is 9.00. The van der Waals surface area contributed by atoms with Crippen LogP contribution in [0.2, 0.25) is 10.0 Å². The number of benzene rings is 3. The third kappa shape index (κ3) is 8.72. The molecule has 7 nitrogen and oxygen atoms in total. The number of amides is 2. The number of nitrogens with zero attached hydrogens (tertiary/aromatic N) is 2. The number of para-hydroxylation sites is 1. The van der Waals surface area contributed by atoms with Gasteiger partial charge in [-0.1, -0.05) is 98.6 Å². The number of anilines is 1.